The van der Waals surface area contributed by atoms with Gasteiger partial charge in [0.2, 0.25) is 5.91 Å². The second-order valence-corrected chi connectivity index (χ2v) is 9.24. The van der Waals surface area contributed by atoms with Crippen molar-refractivity contribution in [1.29, 1.82) is 0 Å². The predicted molar refractivity (Wildman–Crippen MR) is 114 cm³/mol. The zero-order chi connectivity index (χ0) is 19.8. The normalized spacial score (nSPS) is 13.4. The molecule has 8 heteroatoms. The summed E-state index contributed by atoms with van der Waals surface area (Å²) in [6, 6.07) is 6.28. The Morgan fingerprint density at radius 1 is 1.32 bits per heavy atom. The molecule has 0 atom stereocenters. The molecule has 1 amide bonds. The van der Waals surface area contributed by atoms with Crippen molar-refractivity contribution in [2.75, 3.05) is 17.2 Å². The van der Waals surface area contributed by atoms with Gasteiger partial charge in [-0.1, -0.05) is 31.7 Å². The summed E-state index contributed by atoms with van der Waals surface area (Å²) in [5.74, 6) is 1.71. The molecule has 0 saturated heterocycles. The molecule has 1 aliphatic rings. The number of hydrogen-bond acceptors (Lipinski definition) is 6. The number of thioether (sulfide) groups is 1. The van der Waals surface area contributed by atoms with Crippen molar-refractivity contribution < 1.29 is 4.79 Å². The molecule has 0 unspecified atom stereocenters. The molecule has 4 rings (SSSR count). The molecule has 0 fully saturated rings. The highest BCUT2D eigenvalue weighted by Gasteiger charge is 2.25. The zero-order valence-corrected chi connectivity index (χ0v) is 18.1. The summed E-state index contributed by atoms with van der Waals surface area (Å²) < 4.78 is 1.97. The van der Waals surface area contributed by atoms with E-state index in [-0.39, 0.29) is 5.91 Å². The largest absolute Gasteiger partial charge is 0.311 e. The molecule has 28 heavy (non-hydrogen) atoms. The van der Waals surface area contributed by atoms with Gasteiger partial charge in [-0.2, -0.15) is 0 Å². The fourth-order valence-electron chi connectivity index (χ4n) is 3.47. The summed E-state index contributed by atoms with van der Waals surface area (Å²) in [4.78, 5) is 19.3. The SMILES string of the molecule is Cc1nc(-c2ccc3c(c2)CCN3C(=O)CSc2nnc(C(C)C)n2C)cs1. The van der Waals surface area contributed by atoms with Crippen molar-refractivity contribution in [3.63, 3.8) is 0 Å². The minimum absolute atomic E-state index is 0.107. The van der Waals surface area contributed by atoms with E-state index >= 15 is 0 Å². The van der Waals surface area contributed by atoms with E-state index in [2.05, 4.69) is 46.5 Å². The van der Waals surface area contributed by atoms with E-state index in [0.29, 0.717) is 11.7 Å². The second-order valence-electron chi connectivity index (χ2n) is 7.23. The Kier molecular flexibility index (Phi) is 5.25. The van der Waals surface area contributed by atoms with Crippen LogP contribution in [0.4, 0.5) is 5.69 Å². The van der Waals surface area contributed by atoms with Gasteiger partial charge in [-0.15, -0.1) is 21.5 Å². The minimum Gasteiger partial charge on any atom is -0.311 e. The third-order valence-electron chi connectivity index (χ3n) is 4.90. The standard InChI is InChI=1S/C20H23N5OS2/c1-12(2)19-22-23-20(24(19)4)28-11-18(26)25-8-7-15-9-14(5-6-17(15)25)16-10-27-13(3)21-16/h5-6,9-10,12H,7-8,11H2,1-4H3. The molecule has 1 aliphatic heterocycles. The number of rotatable bonds is 5. The van der Waals surface area contributed by atoms with Crippen molar-refractivity contribution in [3.05, 3.63) is 40.0 Å². The first-order valence-corrected chi connectivity index (χ1v) is 11.2. The molecule has 2 aromatic heterocycles. The monoisotopic (exact) mass is 413 g/mol. The highest BCUT2D eigenvalue weighted by molar-refractivity contribution is 7.99. The van der Waals surface area contributed by atoms with E-state index in [1.54, 1.807) is 11.3 Å². The lowest BCUT2D eigenvalue weighted by Gasteiger charge is -2.17. The summed E-state index contributed by atoms with van der Waals surface area (Å²) in [5, 5.41) is 12.4. The Bertz CT molecular complexity index is 1020. The van der Waals surface area contributed by atoms with Crippen LogP contribution in [0, 0.1) is 6.92 Å². The number of hydrogen-bond donors (Lipinski definition) is 0. The molecule has 0 radical (unpaired) electrons. The minimum atomic E-state index is 0.107. The first kappa shape index (κ1) is 19.1. The van der Waals surface area contributed by atoms with E-state index in [9.17, 15) is 4.79 Å². The average molecular weight is 414 g/mol. The summed E-state index contributed by atoms with van der Waals surface area (Å²) in [5.41, 5.74) is 4.35. The van der Waals surface area contributed by atoms with Crippen LogP contribution in [0.2, 0.25) is 0 Å². The van der Waals surface area contributed by atoms with Crippen LogP contribution in [0.3, 0.4) is 0 Å². The number of thiazole rings is 1. The van der Waals surface area contributed by atoms with Crippen LogP contribution in [0.5, 0.6) is 0 Å². The van der Waals surface area contributed by atoms with Gasteiger partial charge in [0.15, 0.2) is 5.16 Å². The predicted octanol–water partition coefficient (Wildman–Crippen LogP) is 4.05. The lowest BCUT2D eigenvalue weighted by molar-refractivity contribution is -0.116. The third kappa shape index (κ3) is 3.58. The lowest BCUT2D eigenvalue weighted by atomic mass is 10.1. The smallest absolute Gasteiger partial charge is 0.237 e. The second kappa shape index (κ2) is 7.67. The van der Waals surface area contributed by atoms with Crippen molar-refractivity contribution in [2.24, 2.45) is 7.05 Å². The molecule has 0 saturated carbocycles. The maximum atomic E-state index is 12.8. The molecule has 0 N–H and O–H groups in total. The molecule has 0 bridgehead atoms. The van der Waals surface area contributed by atoms with Crippen molar-refractivity contribution in [3.8, 4) is 11.3 Å². The van der Waals surface area contributed by atoms with Gasteiger partial charge in [0.25, 0.3) is 0 Å². The van der Waals surface area contributed by atoms with Gasteiger partial charge in [-0.05, 0) is 31.0 Å². The first-order valence-electron chi connectivity index (χ1n) is 9.32. The third-order valence-corrected chi connectivity index (χ3v) is 6.68. The fourth-order valence-corrected chi connectivity index (χ4v) is 4.89. The average Bonchev–Trinajstić information content (AvgIpc) is 3.37. The van der Waals surface area contributed by atoms with Crippen LogP contribution in [0.15, 0.2) is 28.7 Å². The molecule has 146 valence electrons. The summed E-state index contributed by atoms with van der Waals surface area (Å²) >= 11 is 3.10. The van der Waals surface area contributed by atoms with Gasteiger partial charge in [-0.3, -0.25) is 4.79 Å². The quantitative estimate of drug-likeness (QED) is 0.591. The lowest BCUT2D eigenvalue weighted by Crippen LogP contribution is -2.30. The van der Waals surface area contributed by atoms with Crippen LogP contribution < -0.4 is 4.90 Å². The molecular weight excluding hydrogens is 390 g/mol. The van der Waals surface area contributed by atoms with E-state index in [1.165, 1.54) is 17.3 Å². The Labute approximate surface area is 173 Å². The Balaban J connectivity index is 1.46. The summed E-state index contributed by atoms with van der Waals surface area (Å²) in [6.07, 6.45) is 0.879. The van der Waals surface area contributed by atoms with Gasteiger partial charge in [0.1, 0.15) is 5.82 Å². The van der Waals surface area contributed by atoms with Crippen LogP contribution >= 0.6 is 23.1 Å². The van der Waals surface area contributed by atoms with Gasteiger partial charge in [0, 0.05) is 36.1 Å². The number of nitrogens with zero attached hydrogens (tertiary/aromatic N) is 5. The summed E-state index contributed by atoms with van der Waals surface area (Å²) in [6.45, 7) is 6.92. The van der Waals surface area contributed by atoms with Crippen molar-refractivity contribution >= 4 is 34.7 Å². The van der Waals surface area contributed by atoms with Crippen LogP contribution in [0.25, 0.3) is 11.3 Å². The van der Waals surface area contributed by atoms with Gasteiger partial charge in [-0.25, -0.2) is 4.98 Å². The number of fused-ring (bicyclic) bond motifs is 1. The van der Waals surface area contributed by atoms with E-state index in [4.69, 9.17) is 0 Å². The molecule has 3 aromatic rings. The molecule has 3 heterocycles. The van der Waals surface area contributed by atoms with Crippen LogP contribution in [-0.4, -0.2) is 38.0 Å². The van der Waals surface area contributed by atoms with E-state index in [0.717, 1.165) is 45.9 Å². The number of carbonyl (C=O) groups excluding carboxylic acids is 1. The Hall–Kier alpha value is -2.19. The number of anilines is 1. The number of amides is 1. The first-order chi connectivity index (χ1) is 13.4. The number of carbonyl (C=O) groups is 1. The highest BCUT2D eigenvalue weighted by atomic mass is 32.2. The molecule has 6 nitrogen and oxygen atoms in total. The maximum absolute atomic E-state index is 12.8. The fraction of sp³-hybridized carbons (Fsp3) is 0.400. The van der Waals surface area contributed by atoms with Gasteiger partial charge >= 0.3 is 0 Å². The zero-order valence-electron chi connectivity index (χ0n) is 16.5. The Morgan fingerprint density at radius 2 is 2.14 bits per heavy atom. The summed E-state index contributed by atoms with van der Waals surface area (Å²) in [7, 11) is 1.95. The Morgan fingerprint density at radius 3 is 2.82 bits per heavy atom. The van der Waals surface area contributed by atoms with Gasteiger partial charge in [0.05, 0.1) is 16.5 Å². The molecule has 0 aliphatic carbocycles. The van der Waals surface area contributed by atoms with Crippen molar-refractivity contribution in [2.45, 2.75) is 38.3 Å². The molecule has 1 aromatic carbocycles. The van der Waals surface area contributed by atoms with Gasteiger partial charge < -0.3 is 9.47 Å². The number of benzene rings is 1. The molecular formula is C20H23N5OS2. The van der Waals surface area contributed by atoms with Crippen LogP contribution in [-0.2, 0) is 18.3 Å². The maximum Gasteiger partial charge on any atom is 0.237 e. The highest BCUT2D eigenvalue weighted by Crippen LogP contribution is 2.33. The van der Waals surface area contributed by atoms with E-state index < -0.39 is 0 Å². The van der Waals surface area contributed by atoms with Crippen LogP contribution in [0.1, 0.15) is 36.2 Å². The number of aryl methyl sites for hydroxylation is 1. The van der Waals surface area contributed by atoms with Crippen molar-refractivity contribution in [1.82, 2.24) is 19.7 Å². The topological polar surface area (TPSA) is 63.9 Å². The molecule has 0 spiro atoms. The van der Waals surface area contributed by atoms with E-state index in [1.807, 2.05) is 29.5 Å². The number of aromatic nitrogens is 4.